The van der Waals surface area contributed by atoms with Crippen LogP contribution in [0.25, 0.3) is 0 Å². The second-order valence-electron chi connectivity index (χ2n) is 4.34. The number of carbonyl (C=O) groups is 1. The van der Waals surface area contributed by atoms with Crippen molar-refractivity contribution in [3.63, 3.8) is 0 Å². The summed E-state index contributed by atoms with van der Waals surface area (Å²) in [6.07, 6.45) is -1.34. The zero-order valence-electron chi connectivity index (χ0n) is 11.0. The van der Waals surface area contributed by atoms with Gasteiger partial charge >= 0.3 is 5.97 Å². The van der Waals surface area contributed by atoms with Gasteiger partial charge in [-0.05, 0) is 23.3 Å². The van der Waals surface area contributed by atoms with Crippen LogP contribution in [0.15, 0.2) is 54.6 Å². The Hall–Kier alpha value is -2.73. The average Bonchev–Trinajstić information content (AvgIpc) is 2.53. The van der Waals surface area contributed by atoms with Crippen LogP contribution in [0.3, 0.4) is 0 Å². The fraction of sp³-hybridized carbons (Fsp3) is 0.133. The van der Waals surface area contributed by atoms with Crippen molar-refractivity contribution >= 4 is 11.7 Å². The molecule has 6 heteroatoms. The van der Waals surface area contributed by atoms with Crippen LogP contribution < -0.4 is 0 Å². The highest BCUT2D eigenvalue weighted by atomic mass is 16.6. The standard InChI is InChI=1S/C15H13NO5/c17-14(12-4-2-1-3-5-12)15(18)21-10-11-6-8-13(9-7-11)16(19)20/h1-9,14,17H,10H2. The molecule has 21 heavy (non-hydrogen) atoms. The number of aliphatic hydroxyl groups is 1. The zero-order valence-corrected chi connectivity index (χ0v) is 11.0. The van der Waals surface area contributed by atoms with Crippen molar-refractivity contribution in [1.29, 1.82) is 0 Å². The first-order valence-electron chi connectivity index (χ1n) is 6.21. The van der Waals surface area contributed by atoms with Gasteiger partial charge in [0.25, 0.3) is 5.69 Å². The second kappa shape index (κ2) is 6.62. The molecule has 0 amide bonds. The molecule has 2 aromatic rings. The Labute approximate surface area is 120 Å². The molecule has 1 N–H and O–H groups in total. The molecule has 0 aliphatic carbocycles. The molecule has 0 aliphatic rings. The lowest BCUT2D eigenvalue weighted by Gasteiger charge is -2.10. The third-order valence-corrected chi connectivity index (χ3v) is 2.87. The SMILES string of the molecule is O=C(OCc1ccc([N+](=O)[O-])cc1)C(O)c1ccccc1. The molecule has 0 bridgehead atoms. The van der Waals surface area contributed by atoms with E-state index in [-0.39, 0.29) is 12.3 Å². The number of esters is 1. The van der Waals surface area contributed by atoms with Crippen LogP contribution in [0, 0.1) is 10.1 Å². The first kappa shape index (κ1) is 14.7. The Kier molecular flexibility index (Phi) is 4.63. The smallest absolute Gasteiger partial charge is 0.339 e. The largest absolute Gasteiger partial charge is 0.459 e. The van der Waals surface area contributed by atoms with E-state index in [1.165, 1.54) is 24.3 Å². The molecule has 2 rings (SSSR count). The summed E-state index contributed by atoms with van der Waals surface area (Å²) >= 11 is 0. The Morgan fingerprint density at radius 3 is 2.33 bits per heavy atom. The fourth-order valence-electron chi connectivity index (χ4n) is 1.72. The molecule has 0 aliphatic heterocycles. The van der Waals surface area contributed by atoms with E-state index in [9.17, 15) is 20.0 Å². The second-order valence-corrected chi connectivity index (χ2v) is 4.34. The minimum Gasteiger partial charge on any atom is -0.459 e. The average molecular weight is 287 g/mol. The van der Waals surface area contributed by atoms with Gasteiger partial charge in [0.2, 0.25) is 0 Å². The summed E-state index contributed by atoms with van der Waals surface area (Å²) in [5.74, 6) is -0.764. The number of rotatable bonds is 5. The summed E-state index contributed by atoms with van der Waals surface area (Å²) in [7, 11) is 0. The number of nitro groups is 1. The number of hydrogen-bond acceptors (Lipinski definition) is 5. The number of benzene rings is 2. The fourth-order valence-corrected chi connectivity index (χ4v) is 1.72. The minimum atomic E-state index is -1.34. The molecular formula is C15H13NO5. The van der Waals surface area contributed by atoms with Gasteiger partial charge < -0.3 is 9.84 Å². The number of nitrogens with zero attached hydrogens (tertiary/aromatic N) is 1. The van der Waals surface area contributed by atoms with Gasteiger partial charge in [0, 0.05) is 12.1 Å². The zero-order chi connectivity index (χ0) is 15.2. The molecule has 0 radical (unpaired) electrons. The van der Waals surface area contributed by atoms with Gasteiger partial charge in [-0.3, -0.25) is 10.1 Å². The maximum atomic E-state index is 11.7. The number of aliphatic hydroxyl groups excluding tert-OH is 1. The summed E-state index contributed by atoms with van der Waals surface area (Å²) in [4.78, 5) is 21.7. The van der Waals surface area contributed by atoms with Crippen LogP contribution in [-0.4, -0.2) is 16.0 Å². The van der Waals surface area contributed by atoms with E-state index >= 15 is 0 Å². The van der Waals surface area contributed by atoms with Crippen molar-refractivity contribution in [2.24, 2.45) is 0 Å². The molecule has 108 valence electrons. The number of nitro benzene ring substituents is 1. The van der Waals surface area contributed by atoms with Crippen LogP contribution >= 0.6 is 0 Å². The Balaban J connectivity index is 1.93. The molecule has 0 saturated carbocycles. The molecule has 2 aromatic carbocycles. The lowest BCUT2D eigenvalue weighted by atomic mass is 10.1. The number of ether oxygens (including phenoxy) is 1. The highest BCUT2D eigenvalue weighted by Crippen LogP contribution is 2.16. The molecule has 0 aromatic heterocycles. The Bertz CT molecular complexity index is 624. The van der Waals surface area contributed by atoms with Crippen molar-refractivity contribution < 1.29 is 19.6 Å². The quantitative estimate of drug-likeness (QED) is 0.518. The Morgan fingerprint density at radius 1 is 1.14 bits per heavy atom. The van der Waals surface area contributed by atoms with Crippen molar-refractivity contribution in [3.8, 4) is 0 Å². The molecule has 0 heterocycles. The van der Waals surface area contributed by atoms with Gasteiger partial charge in [-0.1, -0.05) is 30.3 Å². The molecule has 0 spiro atoms. The lowest BCUT2D eigenvalue weighted by molar-refractivity contribution is -0.384. The van der Waals surface area contributed by atoms with Crippen molar-refractivity contribution in [1.82, 2.24) is 0 Å². The van der Waals surface area contributed by atoms with Gasteiger partial charge in [0.1, 0.15) is 6.61 Å². The molecule has 0 saturated heterocycles. The van der Waals surface area contributed by atoms with E-state index in [4.69, 9.17) is 4.74 Å². The number of hydrogen-bond donors (Lipinski definition) is 1. The summed E-state index contributed by atoms with van der Waals surface area (Å²) < 4.78 is 4.99. The van der Waals surface area contributed by atoms with Gasteiger partial charge in [0.05, 0.1) is 4.92 Å². The van der Waals surface area contributed by atoms with Gasteiger partial charge in [-0.25, -0.2) is 4.79 Å². The molecular weight excluding hydrogens is 274 g/mol. The summed E-state index contributed by atoms with van der Waals surface area (Å²) in [5.41, 5.74) is 1.02. The van der Waals surface area contributed by atoms with Gasteiger partial charge in [0.15, 0.2) is 6.10 Å². The molecule has 6 nitrogen and oxygen atoms in total. The maximum Gasteiger partial charge on any atom is 0.339 e. The van der Waals surface area contributed by atoms with E-state index in [0.29, 0.717) is 11.1 Å². The van der Waals surface area contributed by atoms with Crippen molar-refractivity contribution in [3.05, 3.63) is 75.8 Å². The first-order valence-corrected chi connectivity index (χ1v) is 6.21. The monoisotopic (exact) mass is 287 g/mol. The predicted molar refractivity (Wildman–Crippen MR) is 74.3 cm³/mol. The van der Waals surface area contributed by atoms with Crippen LogP contribution in [0.2, 0.25) is 0 Å². The molecule has 0 fully saturated rings. The van der Waals surface area contributed by atoms with Gasteiger partial charge in [-0.2, -0.15) is 0 Å². The highest BCUT2D eigenvalue weighted by Gasteiger charge is 2.18. The van der Waals surface area contributed by atoms with E-state index in [2.05, 4.69) is 0 Å². The molecule has 1 atom stereocenters. The van der Waals surface area contributed by atoms with Crippen molar-refractivity contribution in [2.75, 3.05) is 0 Å². The first-order chi connectivity index (χ1) is 10.1. The summed E-state index contributed by atoms with van der Waals surface area (Å²) in [6, 6.07) is 14.1. The highest BCUT2D eigenvalue weighted by molar-refractivity contribution is 5.76. The normalized spacial score (nSPS) is 11.7. The predicted octanol–water partition coefficient (Wildman–Crippen LogP) is 2.37. The lowest BCUT2D eigenvalue weighted by Crippen LogP contribution is -2.15. The van der Waals surface area contributed by atoms with Crippen LogP contribution in [-0.2, 0) is 16.1 Å². The third-order valence-electron chi connectivity index (χ3n) is 2.87. The van der Waals surface area contributed by atoms with Crippen LogP contribution in [0.4, 0.5) is 5.69 Å². The van der Waals surface area contributed by atoms with E-state index < -0.39 is 17.0 Å². The van der Waals surface area contributed by atoms with E-state index in [0.717, 1.165) is 0 Å². The summed E-state index contributed by atoms with van der Waals surface area (Å²) in [6.45, 7) is -0.0548. The maximum absolute atomic E-state index is 11.7. The number of non-ortho nitro benzene ring substituents is 1. The third kappa shape index (κ3) is 3.87. The van der Waals surface area contributed by atoms with Crippen LogP contribution in [0.5, 0.6) is 0 Å². The summed E-state index contributed by atoms with van der Waals surface area (Å²) in [5, 5.41) is 20.3. The van der Waals surface area contributed by atoms with Crippen LogP contribution in [0.1, 0.15) is 17.2 Å². The minimum absolute atomic E-state index is 0.0330. The molecule has 1 unspecified atom stereocenters. The van der Waals surface area contributed by atoms with E-state index in [1.54, 1.807) is 30.3 Å². The number of carbonyl (C=O) groups excluding carboxylic acids is 1. The Morgan fingerprint density at radius 2 is 1.76 bits per heavy atom. The van der Waals surface area contributed by atoms with Gasteiger partial charge in [-0.15, -0.1) is 0 Å². The van der Waals surface area contributed by atoms with Crippen molar-refractivity contribution in [2.45, 2.75) is 12.7 Å². The topological polar surface area (TPSA) is 89.7 Å². The van der Waals surface area contributed by atoms with E-state index in [1.807, 2.05) is 0 Å².